The summed E-state index contributed by atoms with van der Waals surface area (Å²) >= 11 is 0. The predicted molar refractivity (Wildman–Crippen MR) is 60.3 cm³/mol. The van der Waals surface area contributed by atoms with E-state index in [1.165, 1.54) is 0 Å². The molecule has 0 saturated heterocycles. The summed E-state index contributed by atoms with van der Waals surface area (Å²) in [5, 5.41) is 5.75. The highest BCUT2D eigenvalue weighted by atomic mass is 16.5. The number of hydrogen-bond acceptors (Lipinski definition) is 3. The summed E-state index contributed by atoms with van der Waals surface area (Å²) < 4.78 is 5.25. The van der Waals surface area contributed by atoms with E-state index in [2.05, 4.69) is 15.3 Å². The molecule has 1 aromatic carbocycles. The second kappa shape index (κ2) is 6.31. The molecule has 0 unspecified atom stereocenters. The van der Waals surface area contributed by atoms with Crippen LogP contribution in [0, 0.1) is 0 Å². The van der Waals surface area contributed by atoms with E-state index in [0.29, 0.717) is 12.3 Å². The van der Waals surface area contributed by atoms with Gasteiger partial charge in [-0.05, 0) is 36.7 Å². The summed E-state index contributed by atoms with van der Waals surface area (Å²) in [4.78, 5) is 13.7. The molecule has 84 valence electrons. The van der Waals surface area contributed by atoms with E-state index < -0.39 is 0 Å². The van der Waals surface area contributed by atoms with Gasteiger partial charge in [-0.15, -0.1) is 0 Å². The monoisotopic (exact) mass is 220 g/mol. The molecule has 0 radical (unpaired) electrons. The molecule has 0 bridgehead atoms. The van der Waals surface area contributed by atoms with Gasteiger partial charge in [-0.25, -0.2) is 0 Å². The van der Waals surface area contributed by atoms with Crippen LogP contribution in [-0.4, -0.2) is 19.1 Å². The first-order chi connectivity index (χ1) is 7.76. The maximum Gasteiger partial charge on any atom is 0.230 e. The Morgan fingerprint density at radius 3 is 2.75 bits per heavy atom. The first kappa shape index (κ1) is 11.9. The van der Waals surface area contributed by atoms with Crippen LogP contribution < -0.4 is 10.1 Å². The Morgan fingerprint density at radius 2 is 2.19 bits per heavy atom. The molecule has 1 aromatic rings. The number of benzene rings is 1. The Kier molecular flexibility index (Phi) is 4.69. The van der Waals surface area contributed by atoms with Crippen LogP contribution in [0.15, 0.2) is 29.4 Å². The second-order valence-electron chi connectivity index (χ2n) is 2.89. The van der Waals surface area contributed by atoms with E-state index in [9.17, 15) is 4.79 Å². The van der Waals surface area contributed by atoms with Crippen molar-refractivity contribution in [3.63, 3.8) is 0 Å². The van der Waals surface area contributed by atoms with E-state index in [1.54, 1.807) is 24.3 Å². The second-order valence-corrected chi connectivity index (χ2v) is 2.89. The average molecular weight is 220 g/mol. The molecular weight excluding hydrogens is 208 g/mol. The normalized spacial score (nSPS) is 9.06. The van der Waals surface area contributed by atoms with Crippen LogP contribution in [0.2, 0.25) is 0 Å². The highest BCUT2D eigenvalue weighted by Gasteiger charge is 2.00. The van der Waals surface area contributed by atoms with Crippen molar-refractivity contribution < 1.29 is 9.53 Å². The van der Waals surface area contributed by atoms with Crippen LogP contribution in [0.1, 0.15) is 6.92 Å². The topological polar surface area (TPSA) is 87.1 Å². The van der Waals surface area contributed by atoms with Crippen molar-refractivity contribution in [3.05, 3.63) is 34.7 Å². The van der Waals surface area contributed by atoms with Gasteiger partial charge in [-0.3, -0.25) is 4.79 Å². The first-order valence-corrected chi connectivity index (χ1v) is 4.80. The average Bonchev–Trinajstić information content (AvgIpc) is 2.29. The molecule has 0 atom stereocenters. The van der Waals surface area contributed by atoms with Gasteiger partial charge < -0.3 is 10.1 Å². The summed E-state index contributed by atoms with van der Waals surface area (Å²) in [5.74, 6) is 0.400. The Balaban J connectivity index is 2.54. The number of anilines is 1. The van der Waals surface area contributed by atoms with Crippen molar-refractivity contribution in [3.8, 4) is 5.75 Å². The molecule has 1 amide bonds. The molecule has 0 spiro atoms. The standard InChI is InChI=1S/C10H12N4O2/c1-2-16-9-5-3-8(4-6-9)13-10(15)7-12-14-11/h3-6H,2,7H2,1H3,(H,13,15). The zero-order valence-corrected chi connectivity index (χ0v) is 8.88. The molecule has 1 N–H and O–H groups in total. The lowest BCUT2D eigenvalue weighted by Gasteiger charge is -2.05. The third-order valence-electron chi connectivity index (χ3n) is 1.73. The zero-order chi connectivity index (χ0) is 11.8. The Labute approximate surface area is 92.8 Å². The van der Waals surface area contributed by atoms with E-state index >= 15 is 0 Å². The van der Waals surface area contributed by atoms with Gasteiger partial charge in [0.05, 0.1) is 6.61 Å². The van der Waals surface area contributed by atoms with Crippen LogP contribution >= 0.6 is 0 Å². The van der Waals surface area contributed by atoms with Gasteiger partial charge in [0.2, 0.25) is 5.91 Å². The highest BCUT2D eigenvalue weighted by molar-refractivity contribution is 5.92. The van der Waals surface area contributed by atoms with Crippen LogP contribution in [0.25, 0.3) is 10.4 Å². The van der Waals surface area contributed by atoms with Crippen molar-refractivity contribution in [2.45, 2.75) is 6.92 Å². The fourth-order valence-electron chi connectivity index (χ4n) is 1.10. The quantitative estimate of drug-likeness (QED) is 0.469. The minimum atomic E-state index is -0.345. The van der Waals surface area contributed by atoms with Crippen LogP contribution in [0.5, 0.6) is 5.75 Å². The number of nitrogens with zero attached hydrogens (tertiary/aromatic N) is 3. The van der Waals surface area contributed by atoms with Gasteiger partial charge in [0.1, 0.15) is 12.3 Å². The van der Waals surface area contributed by atoms with Crippen LogP contribution in [0.3, 0.4) is 0 Å². The molecule has 6 heteroatoms. The molecular formula is C10H12N4O2. The first-order valence-electron chi connectivity index (χ1n) is 4.80. The lowest BCUT2D eigenvalue weighted by Crippen LogP contribution is -2.14. The number of ether oxygens (including phenoxy) is 1. The van der Waals surface area contributed by atoms with Crippen LogP contribution in [0.4, 0.5) is 5.69 Å². The van der Waals surface area contributed by atoms with Crippen molar-refractivity contribution in [2.75, 3.05) is 18.5 Å². The summed E-state index contributed by atoms with van der Waals surface area (Å²) in [5.41, 5.74) is 8.68. The minimum Gasteiger partial charge on any atom is -0.494 e. The molecule has 6 nitrogen and oxygen atoms in total. The number of hydrogen-bond donors (Lipinski definition) is 1. The van der Waals surface area contributed by atoms with E-state index in [-0.39, 0.29) is 12.5 Å². The molecule has 0 aromatic heterocycles. The Hall–Kier alpha value is -2.20. The lowest BCUT2D eigenvalue weighted by molar-refractivity contribution is -0.114. The van der Waals surface area contributed by atoms with Gasteiger partial charge in [-0.2, -0.15) is 0 Å². The largest absolute Gasteiger partial charge is 0.494 e. The number of amides is 1. The lowest BCUT2D eigenvalue weighted by atomic mass is 10.3. The molecule has 0 fully saturated rings. The SMILES string of the molecule is CCOc1ccc(NC(=O)CN=[N+]=[N-])cc1. The fraction of sp³-hybridized carbons (Fsp3) is 0.300. The smallest absolute Gasteiger partial charge is 0.230 e. The zero-order valence-electron chi connectivity index (χ0n) is 8.88. The maximum absolute atomic E-state index is 11.2. The van der Waals surface area contributed by atoms with E-state index in [1.807, 2.05) is 6.92 Å². The summed E-state index contributed by atoms with van der Waals surface area (Å²) in [6.07, 6.45) is 0. The fourth-order valence-corrected chi connectivity index (χ4v) is 1.10. The number of carbonyl (C=O) groups is 1. The molecule has 1 rings (SSSR count). The van der Waals surface area contributed by atoms with Gasteiger partial charge in [-0.1, -0.05) is 5.11 Å². The van der Waals surface area contributed by atoms with Crippen molar-refractivity contribution in [1.29, 1.82) is 0 Å². The summed E-state index contributed by atoms with van der Waals surface area (Å²) in [6.45, 7) is 2.29. The Bertz CT molecular complexity index is 396. The predicted octanol–water partition coefficient (Wildman–Crippen LogP) is 2.33. The number of azide groups is 1. The number of nitrogens with one attached hydrogen (secondary N) is 1. The van der Waals surface area contributed by atoms with Gasteiger partial charge in [0.15, 0.2) is 0 Å². The van der Waals surface area contributed by atoms with E-state index in [4.69, 9.17) is 10.3 Å². The summed E-state index contributed by atoms with van der Waals surface area (Å²) in [7, 11) is 0. The number of rotatable bonds is 5. The van der Waals surface area contributed by atoms with Crippen LogP contribution in [-0.2, 0) is 4.79 Å². The van der Waals surface area contributed by atoms with Gasteiger partial charge >= 0.3 is 0 Å². The van der Waals surface area contributed by atoms with Crippen molar-refractivity contribution >= 4 is 11.6 Å². The molecule has 0 aliphatic rings. The molecule has 0 heterocycles. The molecule has 0 aliphatic heterocycles. The molecule has 0 saturated carbocycles. The minimum absolute atomic E-state index is 0.205. The summed E-state index contributed by atoms with van der Waals surface area (Å²) in [6, 6.07) is 6.96. The molecule has 16 heavy (non-hydrogen) atoms. The molecule has 0 aliphatic carbocycles. The van der Waals surface area contributed by atoms with Gasteiger partial charge in [0, 0.05) is 10.6 Å². The maximum atomic E-state index is 11.2. The van der Waals surface area contributed by atoms with Crippen molar-refractivity contribution in [2.24, 2.45) is 5.11 Å². The Morgan fingerprint density at radius 1 is 1.50 bits per heavy atom. The van der Waals surface area contributed by atoms with E-state index in [0.717, 1.165) is 5.75 Å². The third-order valence-corrected chi connectivity index (χ3v) is 1.73. The van der Waals surface area contributed by atoms with Crippen molar-refractivity contribution in [1.82, 2.24) is 0 Å². The van der Waals surface area contributed by atoms with Gasteiger partial charge in [0.25, 0.3) is 0 Å². The number of carbonyl (C=O) groups excluding carboxylic acids is 1. The third kappa shape index (κ3) is 3.89. The highest BCUT2D eigenvalue weighted by Crippen LogP contribution is 2.15.